The largest absolute Gasteiger partial charge is 0.389 e. The molecule has 5 rings (SSSR count). The average Bonchev–Trinajstić information content (AvgIpc) is 3.27. The standard InChI is InChI=1S/C29H36N2O2/c1-18-9-10-21-11-12-24-27(29(21,3)4)26(15-19(2)14-22(32)13-18)31(28(24)33)17-20-16-30-25-8-6-5-7-23(20)25/h5-8,14,16,21-22,26,30,32H,1,9-13,15,17H2,2-4H3. The fraction of sp³-hybridized carbons (Fsp3) is 0.483. The summed E-state index contributed by atoms with van der Waals surface area (Å²) < 4.78 is 0. The van der Waals surface area contributed by atoms with E-state index in [1.54, 1.807) is 0 Å². The smallest absolute Gasteiger partial charge is 0.250 e. The number of nitrogens with zero attached hydrogens (tertiary/aromatic N) is 1. The summed E-state index contributed by atoms with van der Waals surface area (Å²) >= 11 is 0. The van der Waals surface area contributed by atoms with Crippen LogP contribution in [0.15, 0.2) is 65.4 Å². The van der Waals surface area contributed by atoms with E-state index in [0.29, 0.717) is 18.9 Å². The van der Waals surface area contributed by atoms with Gasteiger partial charge in [-0.2, -0.15) is 0 Å². The third-order valence-electron chi connectivity index (χ3n) is 8.36. The minimum absolute atomic E-state index is 0.0265. The first-order valence-corrected chi connectivity index (χ1v) is 12.4. The van der Waals surface area contributed by atoms with E-state index in [1.807, 2.05) is 12.1 Å². The van der Waals surface area contributed by atoms with Gasteiger partial charge in [-0.1, -0.05) is 55.8 Å². The molecule has 1 aromatic heterocycles. The molecule has 0 saturated carbocycles. The van der Waals surface area contributed by atoms with Gasteiger partial charge in [0.2, 0.25) is 0 Å². The van der Waals surface area contributed by atoms with Crippen molar-refractivity contribution in [2.24, 2.45) is 11.3 Å². The highest BCUT2D eigenvalue weighted by atomic mass is 16.3. The Hall–Kier alpha value is -2.59. The maximum absolute atomic E-state index is 13.8. The summed E-state index contributed by atoms with van der Waals surface area (Å²) in [5.41, 5.74) is 6.91. The highest BCUT2D eigenvalue weighted by Crippen LogP contribution is 2.53. The summed E-state index contributed by atoms with van der Waals surface area (Å²) in [5.74, 6) is 0.733. The third kappa shape index (κ3) is 3.89. The number of fused-ring (bicyclic) bond motifs is 2. The predicted molar refractivity (Wildman–Crippen MR) is 134 cm³/mol. The molecule has 2 bridgehead atoms. The fourth-order valence-corrected chi connectivity index (χ4v) is 6.63. The first-order valence-electron chi connectivity index (χ1n) is 12.4. The van der Waals surface area contributed by atoms with Crippen molar-refractivity contribution in [1.29, 1.82) is 0 Å². The van der Waals surface area contributed by atoms with Crippen molar-refractivity contribution in [2.45, 2.75) is 78.0 Å². The zero-order valence-corrected chi connectivity index (χ0v) is 20.2. The Morgan fingerprint density at radius 3 is 2.76 bits per heavy atom. The fourth-order valence-electron chi connectivity index (χ4n) is 6.63. The molecule has 2 N–H and O–H groups in total. The lowest BCUT2D eigenvalue weighted by Gasteiger charge is -2.43. The van der Waals surface area contributed by atoms with Crippen LogP contribution in [-0.4, -0.2) is 33.0 Å². The van der Waals surface area contributed by atoms with Crippen molar-refractivity contribution < 1.29 is 9.90 Å². The van der Waals surface area contributed by atoms with Gasteiger partial charge in [-0.15, -0.1) is 0 Å². The molecule has 0 radical (unpaired) electrons. The summed E-state index contributed by atoms with van der Waals surface area (Å²) in [5, 5.41) is 11.8. The van der Waals surface area contributed by atoms with Gasteiger partial charge in [0, 0.05) is 29.2 Å². The van der Waals surface area contributed by atoms with Crippen LogP contribution < -0.4 is 0 Å². The molecule has 1 amide bonds. The molecule has 2 aromatic rings. The Labute approximate surface area is 197 Å². The zero-order chi connectivity index (χ0) is 23.3. The molecule has 174 valence electrons. The summed E-state index contributed by atoms with van der Waals surface area (Å²) in [6.07, 6.45) is 8.87. The number of hydrogen-bond acceptors (Lipinski definition) is 2. The van der Waals surface area contributed by atoms with E-state index in [-0.39, 0.29) is 17.4 Å². The molecule has 4 nitrogen and oxygen atoms in total. The number of carbonyl (C=O) groups excluding carboxylic acids is 1. The van der Waals surface area contributed by atoms with Gasteiger partial charge in [-0.25, -0.2) is 0 Å². The molecule has 3 unspecified atom stereocenters. The topological polar surface area (TPSA) is 56.3 Å². The zero-order valence-electron chi connectivity index (χ0n) is 20.2. The number of hydrogen-bond donors (Lipinski definition) is 2. The van der Waals surface area contributed by atoms with Crippen LogP contribution in [0.25, 0.3) is 10.9 Å². The summed E-state index contributed by atoms with van der Waals surface area (Å²) in [4.78, 5) is 19.3. The molecule has 2 heterocycles. The van der Waals surface area contributed by atoms with Crippen molar-refractivity contribution in [3.8, 4) is 0 Å². The lowest BCUT2D eigenvalue weighted by Crippen LogP contribution is -2.39. The highest BCUT2D eigenvalue weighted by molar-refractivity contribution is 5.98. The lowest BCUT2D eigenvalue weighted by atomic mass is 9.62. The Morgan fingerprint density at radius 2 is 1.94 bits per heavy atom. The Bertz CT molecular complexity index is 1170. The van der Waals surface area contributed by atoms with Crippen LogP contribution in [0.1, 0.15) is 64.9 Å². The normalized spacial score (nSPS) is 28.1. The SMILES string of the molecule is C=C1CCC2CCC3=C(C(CC(C)=CC(O)C1)N(Cc1c[nH]c4ccccc14)C3=O)C2(C)C. The number of carbonyl (C=O) groups is 1. The van der Waals surface area contributed by atoms with E-state index >= 15 is 0 Å². The number of para-hydroxylation sites is 1. The van der Waals surface area contributed by atoms with Crippen LogP contribution in [-0.2, 0) is 11.3 Å². The second-order valence-electron chi connectivity index (χ2n) is 10.9. The first kappa shape index (κ1) is 22.2. The molecular formula is C29H36N2O2. The number of aromatic amines is 1. The number of benzene rings is 1. The van der Waals surface area contributed by atoms with E-state index in [2.05, 4.69) is 61.6 Å². The molecule has 1 aromatic carbocycles. The van der Waals surface area contributed by atoms with Crippen molar-refractivity contribution in [3.05, 3.63) is 71.0 Å². The van der Waals surface area contributed by atoms with E-state index < -0.39 is 6.10 Å². The van der Waals surface area contributed by atoms with Crippen molar-refractivity contribution in [3.63, 3.8) is 0 Å². The number of rotatable bonds is 2. The molecular weight excluding hydrogens is 408 g/mol. The molecule has 0 saturated heterocycles. The number of H-pyrrole nitrogens is 1. The minimum Gasteiger partial charge on any atom is -0.389 e. The van der Waals surface area contributed by atoms with E-state index in [1.165, 1.54) is 11.0 Å². The summed E-state index contributed by atoms with van der Waals surface area (Å²) in [6.45, 7) is 11.6. The van der Waals surface area contributed by atoms with Gasteiger partial charge in [0.25, 0.3) is 5.91 Å². The van der Waals surface area contributed by atoms with Crippen LogP contribution in [0.4, 0.5) is 0 Å². The van der Waals surface area contributed by atoms with Gasteiger partial charge in [0.1, 0.15) is 0 Å². The average molecular weight is 445 g/mol. The quantitative estimate of drug-likeness (QED) is 0.554. The van der Waals surface area contributed by atoms with E-state index in [0.717, 1.165) is 59.9 Å². The van der Waals surface area contributed by atoms with Gasteiger partial charge < -0.3 is 15.0 Å². The Kier molecular flexibility index (Phi) is 5.60. The Balaban J connectivity index is 1.57. The van der Waals surface area contributed by atoms with Crippen LogP contribution in [0.2, 0.25) is 0 Å². The van der Waals surface area contributed by atoms with Gasteiger partial charge >= 0.3 is 0 Å². The monoisotopic (exact) mass is 444 g/mol. The van der Waals surface area contributed by atoms with Crippen molar-refractivity contribution in [2.75, 3.05) is 0 Å². The minimum atomic E-state index is -0.502. The second kappa shape index (κ2) is 8.32. The molecule has 3 atom stereocenters. The number of aliphatic hydroxyl groups is 1. The second-order valence-corrected chi connectivity index (χ2v) is 10.9. The van der Waals surface area contributed by atoms with E-state index in [4.69, 9.17) is 0 Å². The maximum Gasteiger partial charge on any atom is 0.250 e. The van der Waals surface area contributed by atoms with Crippen LogP contribution >= 0.6 is 0 Å². The van der Waals surface area contributed by atoms with E-state index in [9.17, 15) is 9.90 Å². The molecule has 0 spiro atoms. The van der Waals surface area contributed by atoms with Gasteiger partial charge in [-0.05, 0) is 74.0 Å². The predicted octanol–water partition coefficient (Wildman–Crippen LogP) is 6.05. The van der Waals surface area contributed by atoms with Gasteiger partial charge in [0.15, 0.2) is 0 Å². The number of aliphatic hydroxyl groups excluding tert-OH is 1. The lowest BCUT2D eigenvalue weighted by molar-refractivity contribution is -0.127. The van der Waals surface area contributed by atoms with Gasteiger partial charge in [0.05, 0.1) is 12.1 Å². The Morgan fingerprint density at radius 1 is 1.18 bits per heavy atom. The summed E-state index contributed by atoms with van der Waals surface area (Å²) in [7, 11) is 0. The number of nitrogens with one attached hydrogen (secondary N) is 1. The van der Waals surface area contributed by atoms with Gasteiger partial charge in [-0.3, -0.25) is 4.79 Å². The number of aromatic nitrogens is 1. The number of amides is 1. The molecule has 2 aliphatic carbocycles. The molecule has 3 aliphatic rings. The molecule has 1 aliphatic heterocycles. The highest BCUT2D eigenvalue weighted by Gasteiger charge is 2.50. The molecule has 4 heteroatoms. The first-order chi connectivity index (χ1) is 15.8. The van der Waals surface area contributed by atoms with Crippen LogP contribution in [0, 0.1) is 11.3 Å². The van der Waals surface area contributed by atoms with Crippen molar-refractivity contribution >= 4 is 16.8 Å². The van der Waals surface area contributed by atoms with Crippen LogP contribution in [0.5, 0.6) is 0 Å². The maximum atomic E-state index is 13.8. The third-order valence-corrected chi connectivity index (χ3v) is 8.36. The molecule has 0 fully saturated rings. The molecule has 33 heavy (non-hydrogen) atoms. The summed E-state index contributed by atoms with van der Waals surface area (Å²) in [6, 6.07) is 8.35. The van der Waals surface area contributed by atoms with Crippen LogP contribution in [0.3, 0.4) is 0 Å². The van der Waals surface area contributed by atoms with Crippen molar-refractivity contribution in [1.82, 2.24) is 9.88 Å².